The van der Waals surface area contributed by atoms with E-state index >= 15 is 0 Å². The topological polar surface area (TPSA) is 35.2 Å². The van der Waals surface area contributed by atoms with Crippen LogP contribution >= 0.6 is 0 Å². The molecule has 1 fully saturated rings. The van der Waals surface area contributed by atoms with Crippen LogP contribution in [0.1, 0.15) is 37.7 Å². The number of benzene rings is 2. The molecule has 0 radical (unpaired) electrons. The molecule has 2 aromatic carbocycles. The molecular weight excluding hydrogens is 270 g/mol. The van der Waals surface area contributed by atoms with E-state index in [1.165, 1.54) is 43.2 Å². The highest BCUT2D eigenvalue weighted by atomic mass is 16.5. The first kappa shape index (κ1) is 15.1. The van der Waals surface area contributed by atoms with Gasteiger partial charge in [-0.15, -0.1) is 0 Å². The molecule has 1 aliphatic carbocycles. The molecule has 1 aliphatic rings. The molecule has 1 saturated carbocycles. The number of nitrogens with two attached hydrogens (primary N) is 1. The quantitative estimate of drug-likeness (QED) is 0.862. The van der Waals surface area contributed by atoms with E-state index in [1.54, 1.807) is 0 Å². The zero-order valence-corrected chi connectivity index (χ0v) is 13.1. The van der Waals surface area contributed by atoms with E-state index in [0.717, 1.165) is 23.8 Å². The Balaban J connectivity index is 1.68. The van der Waals surface area contributed by atoms with Gasteiger partial charge in [-0.25, -0.2) is 0 Å². The largest absolute Gasteiger partial charge is 0.493 e. The van der Waals surface area contributed by atoms with Crippen molar-refractivity contribution >= 4 is 0 Å². The van der Waals surface area contributed by atoms with Crippen molar-refractivity contribution in [2.24, 2.45) is 11.7 Å². The Bertz CT molecular complexity index is 602. The van der Waals surface area contributed by atoms with E-state index in [0.29, 0.717) is 6.54 Å². The van der Waals surface area contributed by atoms with Crippen LogP contribution in [0.15, 0.2) is 48.5 Å². The molecule has 2 nitrogen and oxygen atoms in total. The smallest absolute Gasteiger partial charge is 0.119 e. The van der Waals surface area contributed by atoms with E-state index in [1.807, 2.05) is 0 Å². The molecule has 2 aromatic rings. The summed E-state index contributed by atoms with van der Waals surface area (Å²) in [4.78, 5) is 0. The molecule has 0 saturated heterocycles. The Hall–Kier alpha value is -1.80. The summed E-state index contributed by atoms with van der Waals surface area (Å²) in [6.07, 6.45) is 6.75. The van der Waals surface area contributed by atoms with Gasteiger partial charge in [0.25, 0.3) is 0 Å². The predicted molar refractivity (Wildman–Crippen MR) is 91.8 cm³/mol. The van der Waals surface area contributed by atoms with Gasteiger partial charge in [0.15, 0.2) is 0 Å². The molecule has 0 atom stereocenters. The molecule has 0 aliphatic heterocycles. The normalized spacial score (nSPS) is 15.7. The molecule has 0 spiro atoms. The van der Waals surface area contributed by atoms with Crippen LogP contribution in [0.25, 0.3) is 11.1 Å². The Labute approximate surface area is 133 Å². The first-order valence-corrected chi connectivity index (χ1v) is 8.37. The lowest BCUT2D eigenvalue weighted by Gasteiger charge is -2.21. The Morgan fingerprint density at radius 3 is 2.41 bits per heavy atom. The Morgan fingerprint density at radius 1 is 0.909 bits per heavy atom. The van der Waals surface area contributed by atoms with Crippen LogP contribution in [0.5, 0.6) is 5.75 Å². The van der Waals surface area contributed by atoms with E-state index in [-0.39, 0.29) is 0 Å². The van der Waals surface area contributed by atoms with Gasteiger partial charge >= 0.3 is 0 Å². The fourth-order valence-corrected chi connectivity index (χ4v) is 3.21. The highest BCUT2D eigenvalue weighted by Crippen LogP contribution is 2.27. The van der Waals surface area contributed by atoms with Crippen molar-refractivity contribution in [2.45, 2.75) is 38.6 Å². The van der Waals surface area contributed by atoms with E-state index in [4.69, 9.17) is 10.5 Å². The average molecular weight is 295 g/mol. The van der Waals surface area contributed by atoms with Crippen molar-refractivity contribution in [3.05, 3.63) is 54.1 Å². The van der Waals surface area contributed by atoms with Gasteiger partial charge in [-0.1, -0.05) is 49.6 Å². The fraction of sp³-hybridized carbons (Fsp3) is 0.400. The zero-order chi connectivity index (χ0) is 15.2. The van der Waals surface area contributed by atoms with E-state index < -0.39 is 0 Å². The van der Waals surface area contributed by atoms with Crippen molar-refractivity contribution in [3.8, 4) is 16.9 Å². The molecule has 0 aromatic heterocycles. The molecule has 116 valence electrons. The fourth-order valence-electron chi connectivity index (χ4n) is 3.21. The second-order valence-electron chi connectivity index (χ2n) is 6.25. The van der Waals surface area contributed by atoms with Gasteiger partial charge in [0.05, 0.1) is 6.61 Å². The minimum absolute atomic E-state index is 0.575. The van der Waals surface area contributed by atoms with Gasteiger partial charge in [0.1, 0.15) is 5.75 Å². The SMILES string of the molecule is NCc1cccc(-c2cccc(OCC3CCCCC3)c2)c1. The third kappa shape index (κ3) is 3.89. The van der Waals surface area contributed by atoms with E-state index in [2.05, 4.69) is 48.5 Å². The number of ether oxygens (including phenoxy) is 1. The molecule has 2 heteroatoms. The summed E-state index contributed by atoms with van der Waals surface area (Å²) < 4.78 is 6.04. The maximum absolute atomic E-state index is 6.04. The van der Waals surface area contributed by atoms with Crippen LogP contribution in [-0.4, -0.2) is 6.61 Å². The van der Waals surface area contributed by atoms with Gasteiger partial charge in [0, 0.05) is 6.54 Å². The first-order valence-electron chi connectivity index (χ1n) is 8.37. The minimum atomic E-state index is 0.575. The summed E-state index contributed by atoms with van der Waals surface area (Å²) in [6.45, 7) is 1.43. The summed E-state index contributed by atoms with van der Waals surface area (Å²) >= 11 is 0. The molecule has 3 rings (SSSR count). The summed E-state index contributed by atoms with van der Waals surface area (Å²) in [5, 5.41) is 0. The highest BCUT2D eigenvalue weighted by molar-refractivity contribution is 5.65. The van der Waals surface area contributed by atoms with Crippen LogP contribution in [0.4, 0.5) is 0 Å². The van der Waals surface area contributed by atoms with Gasteiger partial charge < -0.3 is 10.5 Å². The maximum Gasteiger partial charge on any atom is 0.119 e. The lowest BCUT2D eigenvalue weighted by Crippen LogP contribution is -2.15. The number of hydrogen-bond acceptors (Lipinski definition) is 2. The Morgan fingerprint density at radius 2 is 1.64 bits per heavy atom. The van der Waals surface area contributed by atoms with Crippen molar-refractivity contribution in [2.75, 3.05) is 6.61 Å². The van der Waals surface area contributed by atoms with E-state index in [9.17, 15) is 0 Å². The first-order chi connectivity index (χ1) is 10.8. The second kappa shape index (κ2) is 7.46. The molecule has 0 heterocycles. The van der Waals surface area contributed by atoms with Crippen molar-refractivity contribution in [1.29, 1.82) is 0 Å². The molecule has 0 unspecified atom stereocenters. The van der Waals surface area contributed by atoms with Crippen LogP contribution < -0.4 is 10.5 Å². The molecule has 0 amide bonds. The maximum atomic E-state index is 6.04. The zero-order valence-electron chi connectivity index (χ0n) is 13.1. The average Bonchev–Trinajstić information content (AvgIpc) is 2.61. The lowest BCUT2D eigenvalue weighted by molar-refractivity contribution is 0.209. The summed E-state index contributed by atoms with van der Waals surface area (Å²) in [6, 6.07) is 16.8. The number of rotatable bonds is 5. The lowest BCUT2D eigenvalue weighted by atomic mass is 9.90. The van der Waals surface area contributed by atoms with Crippen LogP contribution in [0.3, 0.4) is 0 Å². The third-order valence-corrected chi connectivity index (χ3v) is 4.54. The molecule has 2 N–H and O–H groups in total. The molecule has 22 heavy (non-hydrogen) atoms. The summed E-state index contributed by atoms with van der Waals surface area (Å²) in [7, 11) is 0. The number of hydrogen-bond donors (Lipinski definition) is 1. The standard InChI is InChI=1S/C20H25NO/c21-14-17-8-4-9-18(12-17)19-10-5-11-20(13-19)22-15-16-6-2-1-3-7-16/h4-5,8-13,16H,1-3,6-7,14-15,21H2. The second-order valence-corrected chi connectivity index (χ2v) is 6.25. The molecular formula is C20H25NO. The molecule has 0 bridgehead atoms. The van der Waals surface area contributed by atoms with Gasteiger partial charge in [-0.2, -0.15) is 0 Å². The van der Waals surface area contributed by atoms with Crippen LogP contribution in [0, 0.1) is 5.92 Å². The Kier molecular flexibility index (Phi) is 5.12. The van der Waals surface area contributed by atoms with Crippen LogP contribution in [-0.2, 0) is 6.54 Å². The van der Waals surface area contributed by atoms with Crippen molar-refractivity contribution in [1.82, 2.24) is 0 Å². The minimum Gasteiger partial charge on any atom is -0.493 e. The van der Waals surface area contributed by atoms with Crippen molar-refractivity contribution < 1.29 is 4.74 Å². The summed E-state index contributed by atoms with van der Waals surface area (Å²) in [5.41, 5.74) is 9.28. The third-order valence-electron chi connectivity index (χ3n) is 4.54. The van der Waals surface area contributed by atoms with Gasteiger partial charge in [-0.05, 0) is 53.6 Å². The predicted octanol–water partition coefficient (Wildman–Crippen LogP) is 4.77. The van der Waals surface area contributed by atoms with Gasteiger partial charge in [-0.3, -0.25) is 0 Å². The van der Waals surface area contributed by atoms with Crippen molar-refractivity contribution in [3.63, 3.8) is 0 Å². The summed E-state index contributed by atoms with van der Waals surface area (Å²) in [5.74, 6) is 1.71. The van der Waals surface area contributed by atoms with Crippen LogP contribution in [0.2, 0.25) is 0 Å². The van der Waals surface area contributed by atoms with Gasteiger partial charge in [0.2, 0.25) is 0 Å². The highest BCUT2D eigenvalue weighted by Gasteiger charge is 2.14. The monoisotopic (exact) mass is 295 g/mol.